The lowest BCUT2D eigenvalue weighted by atomic mass is 9.87. The van der Waals surface area contributed by atoms with Gasteiger partial charge in [0.2, 0.25) is 0 Å². The molecule has 0 aliphatic heterocycles. The van der Waals surface area contributed by atoms with Crippen molar-refractivity contribution in [1.82, 2.24) is 0 Å². The molecular formula is C15H17F13O2. The smallest absolute Gasteiger partial charge is 0.460 e. The molecule has 1 unspecified atom stereocenters. The Morgan fingerprint density at radius 1 is 0.733 bits per heavy atom. The van der Waals surface area contributed by atoms with E-state index in [4.69, 9.17) is 0 Å². The number of carbonyl (C=O) groups excluding carboxylic acids is 1. The monoisotopic (exact) mass is 476 g/mol. The molecule has 30 heavy (non-hydrogen) atoms. The van der Waals surface area contributed by atoms with E-state index >= 15 is 0 Å². The summed E-state index contributed by atoms with van der Waals surface area (Å²) in [6, 6.07) is 0. The largest absolute Gasteiger partial charge is 0.463 e. The summed E-state index contributed by atoms with van der Waals surface area (Å²) in [5.74, 6) is -41.1. The van der Waals surface area contributed by atoms with Gasteiger partial charge < -0.3 is 4.74 Å². The molecule has 0 aromatic rings. The maximum atomic E-state index is 13.9. The minimum atomic E-state index is -7.95. The van der Waals surface area contributed by atoms with E-state index in [2.05, 4.69) is 4.74 Å². The molecule has 0 bridgehead atoms. The van der Waals surface area contributed by atoms with E-state index in [1.807, 2.05) is 0 Å². The lowest BCUT2D eigenvalue weighted by molar-refractivity contribution is -0.440. The molecule has 0 saturated carbocycles. The van der Waals surface area contributed by atoms with Gasteiger partial charge in [-0.1, -0.05) is 13.3 Å². The first kappa shape index (κ1) is 28.6. The summed E-state index contributed by atoms with van der Waals surface area (Å²) in [5, 5.41) is 0. The highest BCUT2D eigenvalue weighted by atomic mass is 19.4. The third kappa shape index (κ3) is 4.89. The molecule has 0 aromatic heterocycles. The molecule has 15 heteroatoms. The number of alkyl halides is 13. The Morgan fingerprint density at radius 2 is 1.13 bits per heavy atom. The van der Waals surface area contributed by atoms with Gasteiger partial charge in [-0.05, 0) is 20.3 Å². The van der Waals surface area contributed by atoms with Crippen LogP contribution in [-0.4, -0.2) is 47.9 Å². The minimum absolute atomic E-state index is 0.182. The second-order valence-electron chi connectivity index (χ2n) is 6.68. The maximum Gasteiger partial charge on any atom is 0.460 e. The molecule has 1 atom stereocenters. The van der Waals surface area contributed by atoms with Crippen molar-refractivity contribution < 1.29 is 66.6 Å². The van der Waals surface area contributed by atoms with E-state index in [9.17, 15) is 61.9 Å². The van der Waals surface area contributed by atoms with Gasteiger partial charge in [0.1, 0.15) is 0 Å². The van der Waals surface area contributed by atoms with Crippen molar-refractivity contribution in [1.29, 1.82) is 0 Å². The first-order valence-corrected chi connectivity index (χ1v) is 8.17. The number of esters is 1. The van der Waals surface area contributed by atoms with Crippen molar-refractivity contribution in [2.45, 2.75) is 81.9 Å². The van der Waals surface area contributed by atoms with E-state index in [1.165, 1.54) is 20.8 Å². The summed E-state index contributed by atoms with van der Waals surface area (Å²) in [6.07, 6.45) is -11.9. The van der Waals surface area contributed by atoms with Gasteiger partial charge in [-0.3, -0.25) is 4.79 Å². The van der Waals surface area contributed by atoms with E-state index in [1.54, 1.807) is 0 Å². The molecule has 0 saturated heterocycles. The minimum Gasteiger partial charge on any atom is -0.463 e. The predicted octanol–water partition coefficient (Wildman–Crippen LogP) is 6.48. The predicted molar refractivity (Wildman–Crippen MR) is 75.0 cm³/mol. The zero-order valence-corrected chi connectivity index (χ0v) is 15.5. The van der Waals surface area contributed by atoms with Gasteiger partial charge in [0.15, 0.2) is 0 Å². The van der Waals surface area contributed by atoms with Crippen LogP contribution in [0.1, 0.15) is 40.0 Å². The van der Waals surface area contributed by atoms with Gasteiger partial charge >= 0.3 is 41.8 Å². The van der Waals surface area contributed by atoms with E-state index in [0.717, 1.165) is 0 Å². The third-order valence-corrected chi connectivity index (χ3v) is 3.82. The number of carbonyl (C=O) groups is 1. The molecule has 0 amide bonds. The van der Waals surface area contributed by atoms with Crippen LogP contribution in [0, 0.1) is 5.92 Å². The Labute approximate surface area is 161 Å². The second kappa shape index (κ2) is 8.60. The standard InChI is InChI=1S/C15H17F13O2/c1-4-5-8(9(29)30-7(2)3)6-10(16,17)11(18,19)12(20,21)13(22,23)14(24,25)15(26,27)28/h7-8H,4-6H2,1-3H3. The highest BCUT2D eigenvalue weighted by Gasteiger charge is 2.90. The topological polar surface area (TPSA) is 26.3 Å². The highest BCUT2D eigenvalue weighted by molar-refractivity contribution is 5.72. The lowest BCUT2D eigenvalue weighted by Gasteiger charge is -2.40. The van der Waals surface area contributed by atoms with Gasteiger partial charge in [-0.15, -0.1) is 0 Å². The Kier molecular flexibility index (Phi) is 8.18. The quantitative estimate of drug-likeness (QED) is 0.267. The zero-order chi connectivity index (χ0) is 24.6. The average molecular weight is 476 g/mol. The fourth-order valence-corrected chi connectivity index (χ4v) is 2.22. The number of rotatable bonds is 10. The van der Waals surface area contributed by atoms with Gasteiger partial charge in [0.25, 0.3) is 0 Å². The molecule has 0 aromatic carbocycles. The van der Waals surface area contributed by atoms with Crippen LogP contribution in [-0.2, 0) is 9.53 Å². The Balaban J connectivity index is 6.18. The average Bonchev–Trinajstić information content (AvgIpc) is 2.51. The fourth-order valence-electron chi connectivity index (χ4n) is 2.22. The van der Waals surface area contributed by atoms with Crippen LogP contribution in [0.3, 0.4) is 0 Å². The molecule has 2 nitrogen and oxygen atoms in total. The number of hydrogen-bond acceptors (Lipinski definition) is 2. The first-order valence-electron chi connectivity index (χ1n) is 8.17. The molecule has 0 aliphatic rings. The number of halogens is 13. The first-order chi connectivity index (χ1) is 13.0. The lowest BCUT2D eigenvalue weighted by Crippen LogP contribution is -2.70. The van der Waals surface area contributed by atoms with Crippen molar-refractivity contribution in [2.75, 3.05) is 0 Å². The fraction of sp³-hybridized carbons (Fsp3) is 0.933. The number of hydrogen-bond donors (Lipinski definition) is 0. The van der Waals surface area contributed by atoms with Gasteiger partial charge in [0.05, 0.1) is 12.0 Å². The summed E-state index contributed by atoms with van der Waals surface area (Å²) < 4.78 is 175. The highest BCUT2D eigenvalue weighted by Crippen LogP contribution is 2.61. The van der Waals surface area contributed by atoms with Gasteiger partial charge in [-0.2, -0.15) is 57.1 Å². The second-order valence-corrected chi connectivity index (χ2v) is 6.68. The van der Waals surface area contributed by atoms with Crippen molar-refractivity contribution in [3.8, 4) is 0 Å². The summed E-state index contributed by atoms with van der Waals surface area (Å²) >= 11 is 0. The molecule has 0 rings (SSSR count). The van der Waals surface area contributed by atoms with E-state index in [-0.39, 0.29) is 6.42 Å². The van der Waals surface area contributed by atoms with Crippen molar-refractivity contribution in [3.05, 3.63) is 0 Å². The molecule has 0 aliphatic carbocycles. The van der Waals surface area contributed by atoms with Crippen molar-refractivity contribution in [3.63, 3.8) is 0 Å². The van der Waals surface area contributed by atoms with Gasteiger partial charge in [0, 0.05) is 6.42 Å². The van der Waals surface area contributed by atoms with Crippen LogP contribution in [0.4, 0.5) is 57.1 Å². The van der Waals surface area contributed by atoms with Crippen LogP contribution in [0.2, 0.25) is 0 Å². The normalized spacial score (nSPS) is 16.0. The molecule has 0 spiro atoms. The Hall–Kier alpha value is -1.44. The Bertz CT molecular complexity index is 596. The van der Waals surface area contributed by atoms with Crippen LogP contribution in [0.15, 0.2) is 0 Å². The summed E-state index contributed by atoms with van der Waals surface area (Å²) in [6.45, 7) is 3.63. The van der Waals surface area contributed by atoms with Crippen LogP contribution < -0.4 is 0 Å². The van der Waals surface area contributed by atoms with Crippen LogP contribution in [0.25, 0.3) is 0 Å². The molecule has 0 fully saturated rings. The van der Waals surface area contributed by atoms with E-state index in [0.29, 0.717) is 0 Å². The van der Waals surface area contributed by atoms with Crippen molar-refractivity contribution >= 4 is 5.97 Å². The van der Waals surface area contributed by atoms with E-state index < -0.39 is 66.6 Å². The third-order valence-electron chi connectivity index (χ3n) is 3.82. The van der Waals surface area contributed by atoms with Crippen molar-refractivity contribution in [2.24, 2.45) is 5.92 Å². The van der Waals surface area contributed by atoms with Gasteiger partial charge in [-0.25, -0.2) is 0 Å². The summed E-state index contributed by atoms with van der Waals surface area (Å²) in [5.41, 5.74) is 0. The Morgan fingerprint density at radius 3 is 1.47 bits per heavy atom. The molecular weight excluding hydrogens is 459 g/mol. The SMILES string of the molecule is CCCC(CC(F)(F)C(F)(F)C(F)(F)C(F)(F)C(F)(F)C(F)(F)F)C(=O)OC(C)C. The summed E-state index contributed by atoms with van der Waals surface area (Å²) in [7, 11) is 0. The molecule has 0 heterocycles. The molecule has 0 N–H and O–H groups in total. The maximum absolute atomic E-state index is 13.9. The molecule has 0 radical (unpaired) electrons. The zero-order valence-electron chi connectivity index (χ0n) is 15.5. The van der Waals surface area contributed by atoms with Crippen LogP contribution >= 0.6 is 0 Å². The summed E-state index contributed by atoms with van der Waals surface area (Å²) in [4.78, 5) is 11.7. The molecule has 180 valence electrons. The van der Waals surface area contributed by atoms with Crippen LogP contribution in [0.5, 0.6) is 0 Å². The number of ether oxygens (including phenoxy) is 1.